The van der Waals surface area contributed by atoms with Crippen LogP contribution in [-0.2, 0) is 16.1 Å². The van der Waals surface area contributed by atoms with Gasteiger partial charge in [-0.05, 0) is 63.7 Å². The maximum Gasteiger partial charge on any atom is 0.264 e. The van der Waals surface area contributed by atoms with Gasteiger partial charge in [0, 0.05) is 43.0 Å². The minimum absolute atomic E-state index is 0.0715. The summed E-state index contributed by atoms with van der Waals surface area (Å²) in [5.41, 5.74) is 3.28. The van der Waals surface area contributed by atoms with E-state index in [2.05, 4.69) is 36.7 Å². The summed E-state index contributed by atoms with van der Waals surface area (Å²) in [6.07, 6.45) is 4.00. The van der Waals surface area contributed by atoms with Crippen molar-refractivity contribution in [3.05, 3.63) is 28.6 Å². The molecule has 30 heavy (non-hydrogen) atoms. The van der Waals surface area contributed by atoms with Gasteiger partial charge in [-0.15, -0.1) is 0 Å². The van der Waals surface area contributed by atoms with Crippen LogP contribution in [-0.4, -0.2) is 40.4 Å². The van der Waals surface area contributed by atoms with Gasteiger partial charge >= 0.3 is 0 Å². The van der Waals surface area contributed by atoms with Gasteiger partial charge in [0.25, 0.3) is 5.91 Å². The Hall–Kier alpha value is -2.55. The van der Waals surface area contributed by atoms with Crippen molar-refractivity contribution >= 4 is 17.9 Å². The Morgan fingerprint density at radius 1 is 1.27 bits per heavy atom. The van der Waals surface area contributed by atoms with Crippen molar-refractivity contribution in [2.75, 3.05) is 13.1 Å². The second-order valence-electron chi connectivity index (χ2n) is 8.76. The Balaban J connectivity index is 2.05. The van der Waals surface area contributed by atoms with E-state index in [-0.39, 0.29) is 29.3 Å². The van der Waals surface area contributed by atoms with Gasteiger partial charge in [0.2, 0.25) is 5.91 Å². The summed E-state index contributed by atoms with van der Waals surface area (Å²) < 4.78 is 2.22. The van der Waals surface area contributed by atoms with Crippen molar-refractivity contribution in [3.63, 3.8) is 0 Å². The van der Waals surface area contributed by atoms with Crippen molar-refractivity contribution in [1.82, 2.24) is 14.8 Å². The number of aryl methyl sites for hydroxylation is 1. The molecule has 6 heteroatoms. The summed E-state index contributed by atoms with van der Waals surface area (Å²) in [6.45, 7) is 14.3. The zero-order valence-corrected chi connectivity index (χ0v) is 19.3. The molecule has 1 fully saturated rings. The predicted molar refractivity (Wildman–Crippen MR) is 120 cm³/mol. The Labute approximate surface area is 180 Å². The molecule has 2 amide bonds. The molecule has 1 aliphatic rings. The summed E-state index contributed by atoms with van der Waals surface area (Å²) in [4.78, 5) is 27.1. The van der Waals surface area contributed by atoms with Crippen molar-refractivity contribution in [2.24, 2.45) is 11.8 Å². The first-order valence-corrected chi connectivity index (χ1v) is 11.1. The van der Waals surface area contributed by atoms with Gasteiger partial charge < -0.3 is 14.8 Å². The molecule has 0 aliphatic carbocycles. The van der Waals surface area contributed by atoms with Crippen LogP contribution in [0, 0.1) is 37.0 Å². The summed E-state index contributed by atoms with van der Waals surface area (Å²) in [5, 5.41) is 12.7. The summed E-state index contributed by atoms with van der Waals surface area (Å²) in [5.74, 6) is 0.144. The number of hydrogen-bond acceptors (Lipinski definition) is 3. The Morgan fingerprint density at radius 2 is 1.90 bits per heavy atom. The molecule has 1 saturated heterocycles. The number of nitrogens with one attached hydrogen (secondary N) is 1. The molecule has 6 nitrogen and oxygen atoms in total. The van der Waals surface area contributed by atoms with Crippen LogP contribution >= 0.6 is 0 Å². The average Bonchev–Trinajstić information content (AvgIpc) is 2.99. The lowest BCUT2D eigenvalue weighted by Crippen LogP contribution is -2.46. The fourth-order valence-corrected chi connectivity index (χ4v) is 3.86. The molecule has 1 unspecified atom stereocenters. The summed E-state index contributed by atoms with van der Waals surface area (Å²) in [7, 11) is 0. The number of nitrogens with zero attached hydrogens (tertiary/aromatic N) is 3. The lowest BCUT2D eigenvalue weighted by atomic mass is 9.94. The fourth-order valence-electron chi connectivity index (χ4n) is 3.86. The fraction of sp³-hybridized carbons (Fsp3) is 0.625. The van der Waals surface area contributed by atoms with Crippen LogP contribution in [0.2, 0.25) is 0 Å². The summed E-state index contributed by atoms with van der Waals surface area (Å²) in [6, 6.07) is 4.26. The minimum atomic E-state index is -0.243. The Morgan fingerprint density at radius 3 is 2.43 bits per heavy atom. The standard InChI is InChI=1S/C24H36N4O2/c1-7-10-28-17(4)13-21(19(28)6)14-22(15-25)24(30)27-11-8-20(9-12-27)23(29)26-18(5)16(2)3/h13-14,16,18,20H,7-12H2,1-6H3,(H,26,29)/b22-14-. The highest BCUT2D eigenvalue weighted by Gasteiger charge is 2.29. The second kappa shape index (κ2) is 10.5. The summed E-state index contributed by atoms with van der Waals surface area (Å²) >= 11 is 0. The third-order valence-electron chi connectivity index (χ3n) is 6.23. The van der Waals surface area contributed by atoms with Gasteiger partial charge in [-0.2, -0.15) is 5.26 Å². The van der Waals surface area contributed by atoms with Gasteiger partial charge in [0.1, 0.15) is 11.6 Å². The molecule has 1 aromatic heterocycles. The van der Waals surface area contributed by atoms with E-state index in [4.69, 9.17) is 0 Å². The largest absolute Gasteiger partial charge is 0.353 e. The van der Waals surface area contributed by atoms with Crippen LogP contribution in [0.5, 0.6) is 0 Å². The highest BCUT2D eigenvalue weighted by molar-refractivity contribution is 6.02. The molecule has 1 aromatic rings. The van der Waals surface area contributed by atoms with E-state index in [1.807, 2.05) is 26.8 Å². The number of nitriles is 1. The molecular weight excluding hydrogens is 376 g/mol. The maximum atomic E-state index is 12.9. The quantitative estimate of drug-likeness (QED) is 0.546. The van der Waals surface area contributed by atoms with Gasteiger partial charge in [0.15, 0.2) is 0 Å². The number of carbonyl (C=O) groups excluding carboxylic acids is 2. The highest BCUT2D eigenvalue weighted by atomic mass is 16.2. The van der Waals surface area contributed by atoms with E-state index in [1.165, 1.54) is 0 Å². The molecule has 1 atom stereocenters. The number of carbonyl (C=O) groups is 2. The van der Waals surface area contributed by atoms with Gasteiger partial charge in [-0.1, -0.05) is 20.8 Å². The van der Waals surface area contributed by atoms with Crippen LogP contribution in [0.1, 0.15) is 63.9 Å². The molecule has 0 spiro atoms. The molecule has 0 bridgehead atoms. The van der Waals surface area contributed by atoms with E-state index in [0.29, 0.717) is 31.8 Å². The topological polar surface area (TPSA) is 78.1 Å². The first kappa shape index (κ1) is 23.7. The zero-order valence-electron chi connectivity index (χ0n) is 19.3. The Kier molecular flexibility index (Phi) is 8.28. The first-order valence-electron chi connectivity index (χ1n) is 11.1. The number of hydrogen-bond donors (Lipinski definition) is 1. The molecule has 164 valence electrons. The number of amides is 2. The van der Waals surface area contributed by atoms with Crippen molar-refractivity contribution < 1.29 is 9.59 Å². The van der Waals surface area contributed by atoms with Crippen LogP contribution in [0.4, 0.5) is 0 Å². The molecular formula is C24H36N4O2. The normalized spacial score (nSPS) is 16.5. The van der Waals surface area contributed by atoms with E-state index in [0.717, 1.165) is 29.9 Å². The van der Waals surface area contributed by atoms with E-state index in [9.17, 15) is 14.9 Å². The number of likely N-dealkylation sites (tertiary alicyclic amines) is 1. The number of piperidine rings is 1. The zero-order chi connectivity index (χ0) is 22.4. The molecule has 0 radical (unpaired) electrons. The highest BCUT2D eigenvalue weighted by Crippen LogP contribution is 2.22. The van der Waals surface area contributed by atoms with E-state index in [1.54, 1.807) is 11.0 Å². The lowest BCUT2D eigenvalue weighted by molar-refractivity contribution is -0.132. The first-order chi connectivity index (χ1) is 14.2. The van der Waals surface area contributed by atoms with Crippen molar-refractivity contribution in [1.29, 1.82) is 5.26 Å². The SMILES string of the molecule is CCCn1c(C)cc(/C=C(/C#N)C(=O)N2CCC(C(=O)NC(C)C(C)C)CC2)c1C. The average molecular weight is 413 g/mol. The molecule has 0 aromatic carbocycles. The maximum absolute atomic E-state index is 12.9. The molecule has 0 saturated carbocycles. The van der Waals surface area contributed by atoms with Crippen molar-refractivity contribution in [2.45, 2.75) is 73.4 Å². The Bertz CT molecular complexity index is 836. The second-order valence-corrected chi connectivity index (χ2v) is 8.76. The molecule has 1 N–H and O–H groups in total. The van der Waals surface area contributed by atoms with Crippen molar-refractivity contribution in [3.8, 4) is 6.07 Å². The minimum Gasteiger partial charge on any atom is -0.353 e. The third-order valence-corrected chi connectivity index (χ3v) is 6.23. The van der Waals surface area contributed by atoms with Gasteiger partial charge in [-0.3, -0.25) is 9.59 Å². The van der Waals surface area contributed by atoms with E-state index < -0.39 is 0 Å². The lowest BCUT2D eigenvalue weighted by Gasteiger charge is -2.32. The molecule has 1 aliphatic heterocycles. The smallest absolute Gasteiger partial charge is 0.264 e. The van der Waals surface area contributed by atoms with Crippen LogP contribution < -0.4 is 5.32 Å². The molecule has 2 heterocycles. The van der Waals surface area contributed by atoms with Gasteiger partial charge in [0.05, 0.1) is 0 Å². The van der Waals surface area contributed by atoms with Crippen LogP contribution in [0.15, 0.2) is 11.6 Å². The van der Waals surface area contributed by atoms with Gasteiger partial charge in [-0.25, -0.2) is 0 Å². The molecule has 2 rings (SSSR count). The third kappa shape index (κ3) is 5.53. The number of aromatic nitrogens is 1. The van der Waals surface area contributed by atoms with Crippen LogP contribution in [0.3, 0.4) is 0 Å². The van der Waals surface area contributed by atoms with Crippen LogP contribution in [0.25, 0.3) is 6.08 Å². The number of rotatable bonds is 7. The van der Waals surface area contributed by atoms with E-state index >= 15 is 0 Å². The monoisotopic (exact) mass is 412 g/mol. The predicted octanol–water partition coefficient (Wildman–Crippen LogP) is 3.82.